The Morgan fingerprint density at radius 3 is 2.46 bits per heavy atom. The number of halogens is 1. The van der Waals surface area contributed by atoms with E-state index >= 15 is 0 Å². The molecule has 78 valence electrons. The summed E-state index contributed by atoms with van der Waals surface area (Å²) < 4.78 is 4.35. The van der Waals surface area contributed by atoms with Crippen LogP contribution in [-0.2, 0) is 14.3 Å². The molecule has 0 unspecified atom stereocenters. The number of amides is 1. The maximum atomic E-state index is 10.9. The van der Waals surface area contributed by atoms with Crippen LogP contribution in [0.15, 0.2) is 0 Å². The van der Waals surface area contributed by atoms with Gasteiger partial charge in [0.25, 0.3) is 0 Å². The van der Waals surface area contributed by atoms with Crippen molar-refractivity contribution >= 4 is 24.3 Å². The molecule has 1 N–H and O–H groups in total. The highest BCUT2D eigenvalue weighted by Gasteiger charge is 2.03. The molecule has 0 fully saturated rings. The third-order valence-electron chi connectivity index (χ3n) is 1.41. The molecule has 0 aliphatic carbocycles. The summed E-state index contributed by atoms with van der Waals surface area (Å²) in [7, 11) is 1.29. The lowest BCUT2D eigenvalue weighted by Crippen LogP contribution is -2.29. The SMILES string of the molecule is CCCCC(=O)NCC(=O)OC.Cl. The Bertz CT molecular complexity index is 161. The second-order valence-corrected chi connectivity index (χ2v) is 2.46. The highest BCUT2D eigenvalue weighted by atomic mass is 35.5. The van der Waals surface area contributed by atoms with Crippen LogP contribution in [-0.4, -0.2) is 25.5 Å². The molecule has 0 radical (unpaired) electrons. The number of unbranched alkanes of at least 4 members (excludes halogenated alkanes) is 1. The van der Waals surface area contributed by atoms with E-state index in [1.54, 1.807) is 0 Å². The highest BCUT2D eigenvalue weighted by molar-refractivity contribution is 5.85. The van der Waals surface area contributed by atoms with E-state index in [0.29, 0.717) is 6.42 Å². The van der Waals surface area contributed by atoms with Gasteiger partial charge in [-0.15, -0.1) is 12.4 Å². The number of hydrogen-bond acceptors (Lipinski definition) is 3. The summed E-state index contributed by atoms with van der Waals surface area (Å²) in [4.78, 5) is 21.5. The van der Waals surface area contributed by atoms with Crippen molar-refractivity contribution in [3.63, 3.8) is 0 Å². The smallest absolute Gasteiger partial charge is 0.325 e. The van der Waals surface area contributed by atoms with Crippen molar-refractivity contribution in [2.24, 2.45) is 0 Å². The van der Waals surface area contributed by atoms with E-state index in [2.05, 4.69) is 10.1 Å². The number of carbonyl (C=O) groups is 2. The minimum Gasteiger partial charge on any atom is -0.468 e. The van der Waals surface area contributed by atoms with Gasteiger partial charge in [-0.3, -0.25) is 9.59 Å². The summed E-state index contributed by atoms with van der Waals surface area (Å²) in [5.74, 6) is -0.512. The third kappa shape index (κ3) is 9.14. The number of hydrogen-bond donors (Lipinski definition) is 1. The van der Waals surface area contributed by atoms with Gasteiger partial charge in [-0.2, -0.15) is 0 Å². The summed E-state index contributed by atoms with van der Waals surface area (Å²) in [6.07, 6.45) is 2.31. The fraction of sp³-hybridized carbons (Fsp3) is 0.750. The van der Waals surface area contributed by atoms with E-state index < -0.39 is 5.97 Å². The number of methoxy groups -OCH3 is 1. The summed E-state index contributed by atoms with van der Waals surface area (Å²) in [5.41, 5.74) is 0. The molecule has 4 nitrogen and oxygen atoms in total. The number of carbonyl (C=O) groups excluding carboxylic acids is 2. The standard InChI is InChI=1S/C8H15NO3.ClH/c1-3-4-5-7(10)9-6-8(11)12-2;/h3-6H2,1-2H3,(H,9,10);1H. The summed E-state index contributed by atoms with van der Waals surface area (Å²) in [6.45, 7) is 1.98. The zero-order valence-electron chi connectivity index (χ0n) is 7.96. The topological polar surface area (TPSA) is 55.4 Å². The quantitative estimate of drug-likeness (QED) is 0.685. The van der Waals surface area contributed by atoms with E-state index in [-0.39, 0.29) is 24.9 Å². The molecule has 0 atom stereocenters. The number of esters is 1. The zero-order chi connectivity index (χ0) is 9.40. The first-order valence-electron chi connectivity index (χ1n) is 4.04. The van der Waals surface area contributed by atoms with Crippen LogP contribution in [0.2, 0.25) is 0 Å². The van der Waals surface area contributed by atoms with Crippen molar-refractivity contribution in [2.45, 2.75) is 26.2 Å². The largest absolute Gasteiger partial charge is 0.468 e. The molecule has 0 aromatic heterocycles. The summed E-state index contributed by atoms with van der Waals surface area (Å²) in [5, 5.41) is 2.45. The van der Waals surface area contributed by atoms with Gasteiger partial charge in [0.15, 0.2) is 0 Å². The molecular weight excluding hydrogens is 194 g/mol. The van der Waals surface area contributed by atoms with Crippen LogP contribution < -0.4 is 5.32 Å². The molecule has 1 amide bonds. The van der Waals surface area contributed by atoms with Crippen molar-refractivity contribution in [3.8, 4) is 0 Å². The lowest BCUT2D eigenvalue weighted by molar-refractivity contribution is -0.141. The van der Waals surface area contributed by atoms with Crippen LogP contribution in [0.1, 0.15) is 26.2 Å². The van der Waals surface area contributed by atoms with Gasteiger partial charge in [0, 0.05) is 6.42 Å². The Labute approximate surface area is 84.4 Å². The Morgan fingerprint density at radius 2 is 2.00 bits per heavy atom. The van der Waals surface area contributed by atoms with Crippen molar-refractivity contribution < 1.29 is 14.3 Å². The van der Waals surface area contributed by atoms with Crippen LogP contribution in [0.4, 0.5) is 0 Å². The molecule has 0 heterocycles. The first-order valence-corrected chi connectivity index (χ1v) is 4.04. The Morgan fingerprint density at radius 1 is 1.38 bits per heavy atom. The van der Waals surface area contributed by atoms with Crippen LogP contribution in [0, 0.1) is 0 Å². The molecule has 5 heteroatoms. The fourth-order valence-corrected chi connectivity index (χ4v) is 0.669. The van der Waals surface area contributed by atoms with E-state index in [1.807, 2.05) is 6.92 Å². The average Bonchev–Trinajstić information content (AvgIpc) is 2.10. The number of ether oxygens (including phenoxy) is 1. The first-order chi connectivity index (χ1) is 5.70. The Balaban J connectivity index is 0. The normalized spacial score (nSPS) is 8.46. The third-order valence-corrected chi connectivity index (χ3v) is 1.41. The number of nitrogens with one attached hydrogen (secondary N) is 1. The van der Waals surface area contributed by atoms with E-state index in [0.717, 1.165) is 12.8 Å². The molecule has 0 saturated heterocycles. The lowest BCUT2D eigenvalue weighted by Gasteiger charge is -2.01. The van der Waals surface area contributed by atoms with Crippen molar-refractivity contribution in [3.05, 3.63) is 0 Å². The highest BCUT2D eigenvalue weighted by Crippen LogP contribution is 1.92. The molecule has 0 bridgehead atoms. The Hall–Kier alpha value is -0.770. The van der Waals surface area contributed by atoms with Gasteiger partial charge < -0.3 is 10.1 Å². The van der Waals surface area contributed by atoms with Crippen LogP contribution in [0.3, 0.4) is 0 Å². The fourth-order valence-electron chi connectivity index (χ4n) is 0.669. The molecule has 0 rings (SSSR count). The maximum Gasteiger partial charge on any atom is 0.325 e. The molecule has 0 spiro atoms. The number of rotatable bonds is 5. The predicted octanol–water partition coefficient (Wildman–Crippen LogP) is 0.888. The van der Waals surface area contributed by atoms with E-state index in [4.69, 9.17) is 0 Å². The monoisotopic (exact) mass is 209 g/mol. The van der Waals surface area contributed by atoms with Gasteiger partial charge in [-0.25, -0.2) is 0 Å². The van der Waals surface area contributed by atoms with Gasteiger partial charge >= 0.3 is 5.97 Å². The second-order valence-electron chi connectivity index (χ2n) is 2.46. The summed E-state index contributed by atoms with van der Waals surface area (Å²) in [6, 6.07) is 0. The van der Waals surface area contributed by atoms with Crippen molar-refractivity contribution in [1.29, 1.82) is 0 Å². The first kappa shape index (κ1) is 14.7. The van der Waals surface area contributed by atoms with Gasteiger partial charge in [0.2, 0.25) is 5.91 Å². The van der Waals surface area contributed by atoms with Crippen molar-refractivity contribution in [2.75, 3.05) is 13.7 Å². The summed E-state index contributed by atoms with van der Waals surface area (Å²) >= 11 is 0. The minimum atomic E-state index is -0.417. The van der Waals surface area contributed by atoms with Gasteiger partial charge in [-0.05, 0) is 6.42 Å². The molecular formula is C8H16ClNO3. The molecule has 0 aromatic rings. The molecule has 0 saturated carbocycles. The molecule has 0 aromatic carbocycles. The van der Waals surface area contributed by atoms with Crippen molar-refractivity contribution in [1.82, 2.24) is 5.32 Å². The lowest BCUT2D eigenvalue weighted by atomic mass is 10.2. The van der Waals surface area contributed by atoms with Gasteiger partial charge in [-0.1, -0.05) is 13.3 Å². The van der Waals surface area contributed by atoms with E-state index in [1.165, 1.54) is 7.11 Å². The van der Waals surface area contributed by atoms with Gasteiger partial charge in [0.05, 0.1) is 7.11 Å². The van der Waals surface area contributed by atoms with E-state index in [9.17, 15) is 9.59 Å². The molecule has 0 aliphatic rings. The molecule has 0 aliphatic heterocycles. The van der Waals surface area contributed by atoms with Crippen LogP contribution in [0.25, 0.3) is 0 Å². The second kappa shape index (κ2) is 9.32. The van der Waals surface area contributed by atoms with Crippen LogP contribution >= 0.6 is 12.4 Å². The molecule has 13 heavy (non-hydrogen) atoms. The Kier molecular flexibility index (Phi) is 10.6. The predicted molar refractivity (Wildman–Crippen MR) is 51.8 cm³/mol. The average molecular weight is 210 g/mol. The van der Waals surface area contributed by atoms with Gasteiger partial charge in [0.1, 0.15) is 6.54 Å². The maximum absolute atomic E-state index is 10.9. The van der Waals surface area contributed by atoms with Crippen LogP contribution in [0.5, 0.6) is 0 Å². The minimum absolute atomic E-state index is 0. The zero-order valence-corrected chi connectivity index (χ0v) is 8.78.